The molecule has 1 fully saturated rings. The van der Waals surface area contributed by atoms with E-state index in [1.54, 1.807) is 0 Å². The van der Waals surface area contributed by atoms with Crippen LogP contribution in [0.4, 0.5) is 0 Å². The molecule has 120 valence electrons. The second kappa shape index (κ2) is 8.51. The summed E-state index contributed by atoms with van der Waals surface area (Å²) < 4.78 is 0. The zero-order chi connectivity index (χ0) is 15.8. The van der Waals surface area contributed by atoms with Crippen molar-refractivity contribution in [2.24, 2.45) is 5.73 Å². The SMILES string of the molecule is NCCC(=O)N1CCN(CC(=O)NCc2ccccc2)CC1. The van der Waals surface area contributed by atoms with Gasteiger partial charge in [-0.05, 0) is 5.56 Å². The minimum Gasteiger partial charge on any atom is -0.351 e. The maximum atomic E-state index is 12.0. The Morgan fingerprint density at radius 3 is 2.41 bits per heavy atom. The van der Waals surface area contributed by atoms with Crippen molar-refractivity contribution in [1.29, 1.82) is 0 Å². The highest BCUT2D eigenvalue weighted by Gasteiger charge is 2.21. The van der Waals surface area contributed by atoms with Crippen LogP contribution < -0.4 is 11.1 Å². The van der Waals surface area contributed by atoms with Gasteiger partial charge in [-0.15, -0.1) is 0 Å². The molecule has 0 radical (unpaired) electrons. The Morgan fingerprint density at radius 1 is 1.09 bits per heavy atom. The molecule has 2 rings (SSSR count). The van der Waals surface area contributed by atoms with Gasteiger partial charge in [-0.2, -0.15) is 0 Å². The van der Waals surface area contributed by atoms with E-state index in [4.69, 9.17) is 5.73 Å². The van der Waals surface area contributed by atoms with E-state index >= 15 is 0 Å². The number of amides is 2. The maximum Gasteiger partial charge on any atom is 0.234 e. The normalized spacial score (nSPS) is 15.6. The predicted octanol–water partition coefficient (Wildman–Crippen LogP) is -0.204. The number of hydrogen-bond donors (Lipinski definition) is 2. The van der Waals surface area contributed by atoms with Crippen molar-refractivity contribution in [3.8, 4) is 0 Å². The van der Waals surface area contributed by atoms with Gasteiger partial charge in [-0.3, -0.25) is 14.5 Å². The van der Waals surface area contributed by atoms with E-state index in [-0.39, 0.29) is 11.8 Å². The van der Waals surface area contributed by atoms with Crippen LogP contribution >= 0.6 is 0 Å². The molecule has 1 heterocycles. The van der Waals surface area contributed by atoms with Crippen LogP contribution in [0.25, 0.3) is 0 Å². The standard InChI is InChI=1S/C16H24N4O2/c17-7-6-16(22)20-10-8-19(9-11-20)13-15(21)18-12-14-4-2-1-3-5-14/h1-5H,6-13,17H2,(H,18,21). The molecular weight excluding hydrogens is 280 g/mol. The first-order valence-electron chi connectivity index (χ1n) is 7.70. The van der Waals surface area contributed by atoms with E-state index in [0.717, 1.165) is 18.7 Å². The largest absolute Gasteiger partial charge is 0.351 e. The number of piperazine rings is 1. The lowest BCUT2D eigenvalue weighted by Gasteiger charge is -2.34. The molecule has 0 aromatic heterocycles. The Balaban J connectivity index is 1.67. The summed E-state index contributed by atoms with van der Waals surface area (Å²) in [5.74, 6) is 0.126. The summed E-state index contributed by atoms with van der Waals surface area (Å²) >= 11 is 0. The summed E-state index contributed by atoms with van der Waals surface area (Å²) in [7, 11) is 0. The van der Waals surface area contributed by atoms with Gasteiger partial charge in [-0.25, -0.2) is 0 Å². The lowest BCUT2D eigenvalue weighted by atomic mass is 10.2. The highest BCUT2D eigenvalue weighted by Crippen LogP contribution is 2.03. The summed E-state index contributed by atoms with van der Waals surface area (Å²) in [6.07, 6.45) is 0.400. The Labute approximate surface area is 131 Å². The fourth-order valence-corrected chi connectivity index (χ4v) is 2.49. The van der Waals surface area contributed by atoms with Crippen molar-refractivity contribution in [3.63, 3.8) is 0 Å². The fourth-order valence-electron chi connectivity index (χ4n) is 2.49. The third-order valence-corrected chi connectivity index (χ3v) is 3.78. The molecule has 1 aromatic rings. The number of hydrogen-bond acceptors (Lipinski definition) is 4. The summed E-state index contributed by atoms with van der Waals surface area (Å²) in [4.78, 5) is 27.6. The first-order valence-corrected chi connectivity index (χ1v) is 7.70. The second-order valence-corrected chi connectivity index (χ2v) is 5.46. The van der Waals surface area contributed by atoms with Crippen LogP contribution in [0.1, 0.15) is 12.0 Å². The molecule has 6 heteroatoms. The number of nitrogens with one attached hydrogen (secondary N) is 1. The Bertz CT molecular complexity index is 484. The molecule has 3 N–H and O–H groups in total. The van der Waals surface area contributed by atoms with Gasteiger partial charge in [0.1, 0.15) is 0 Å². The Kier molecular flexibility index (Phi) is 6.36. The van der Waals surface area contributed by atoms with Crippen LogP contribution in [-0.2, 0) is 16.1 Å². The predicted molar refractivity (Wildman–Crippen MR) is 85.0 cm³/mol. The Morgan fingerprint density at radius 2 is 1.77 bits per heavy atom. The van der Waals surface area contributed by atoms with E-state index in [9.17, 15) is 9.59 Å². The smallest absolute Gasteiger partial charge is 0.234 e. The van der Waals surface area contributed by atoms with Crippen LogP contribution in [0.3, 0.4) is 0 Å². The summed E-state index contributed by atoms with van der Waals surface area (Å²) in [5, 5.41) is 2.92. The molecule has 0 bridgehead atoms. The molecule has 1 aliphatic heterocycles. The van der Waals surface area contributed by atoms with Crippen LogP contribution in [0.15, 0.2) is 30.3 Å². The van der Waals surface area contributed by atoms with Crippen molar-refractivity contribution in [3.05, 3.63) is 35.9 Å². The van der Waals surface area contributed by atoms with E-state index in [0.29, 0.717) is 39.1 Å². The topological polar surface area (TPSA) is 78.7 Å². The van der Waals surface area contributed by atoms with E-state index in [2.05, 4.69) is 10.2 Å². The summed E-state index contributed by atoms with van der Waals surface area (Å²) in [6, 6.07) is 9.85. The maximum absolute atomic E-state index is 12.0. The molecule has 22 heavy (non-hydrogen) atoms. The number of nitrogens with two attached hydrogens (primary N) is 1. The quantitative estimate of drug-likeness (QED) is 0.763. The van der Waals surface area contributed by atoms with Gasteiger partial charge in [-0.1, -0.05) is 30.3 Å². The van der Waals surface area contributed by atoms with Crippen molar-refractivity contribution in [2.75, 3.05) is 39.3 Å². The number of carbonyl (C=O) groups excluding carboxylic acids is 2. The van der Waals surface area contributed by atoms with E-state index in [1.165, 1.54) is 0 Å². The molecule has 0 aliphatic carbocycles. The fraction of sp³-hybridized carbons (Fsp3) is 0.500. The molecule has 1 aliphatic rings. The average molecular weight is 304 g/mol. The van der Waals surface area contributed by atoms with E-state index in [1.807, 2.05) is 35.2 Å². The average Bonchev–Trinajstić information content (AvgIpc) is 2.55. The van der Waals surface area contributed by atoms with Crippen LogP contribution in [0.2, 0.25) is 0 Å². The zero-order valence-electron chi connectivity index (χ0n) is 12.8. The Hall–Kier alpha value is -1.92. The van der Waals surface area contributed by atoms with Gasteiger partial charge in [0.05, 0.1) is 6.54 Å². The molecule has 2 amide bonds. The van der Waals surface area contributed by atoms with Gasteiger partial charge in [0.25, 0.3) is 0 Å². The minimum atomic E-state index is 0.0191. The molecule has 0 unspecified atom stereocenters. The van der Waals surface area contributed by atoms with Gasteiger partial charge < -0.3 is 16.0 Å². The van der Waals surface area contributed by atoms with E-state index < -0.39 is 0 Å². The number of rotatable bonds is 6. The van der Waals surface area contributed by atoms with Crippen molar-refractivity contribution < 1.29 is 9.59 Å². The highest BCUT2D eigenvalue weighted by molar-refractivity contribution is 5.78. The molecule has 0 saturated carbocycles. The molecule has 0 spiro atoms. The lowest BCUT2D eigenvalue weighted by molar-refractivity contribution is -0.133. The minimum absolute atomic E-state index is 0.0191. The first kappa shape index (κ1) is 16.5. The number of nitrogens with zero attached hydrogens (tertiary/aromatic N) is 2. The highest BCUT2D eigenvalue weighted by atomic mass is 16.2. The van der Waals surface area contributed by atoms with Crippen molar-refractivity contribution >= 4 is 11.8 Å². The van der Waals surface area contributed by atoms with Gasteiger partial charge in [0.2, 0.25) is 11.8 Å². The number of carbonyl (C=O) groups is 2. The van der Waals surface area contributed by atoms with Gasteiger partial charge >= 0.3 is 0 Å². The monoisotopic (exact) mass is 304 g/mol. The third-order valence-electron chi connectivity index (χ3n) is 3.78. The molecule has 1 aromatic carbocycles. The molecular formula is C16H24N4O2. The second-order valence-electron chi connectivity index (χ2n) is 5.46. The molecule has 0 atom stereocenters. The molecule has 6 nitrogen and oxygen atoms in total. The summed E-state index contributed by atoms with van der Waals surface area (Å²) in [6.45, 7) is 4.13. The van der Waals surface area contributed by atoms with Crippen LogP contribution in [0.5, 0.6) is 0 Å². The van der Waals surface area contributed by atoms with Gasteiger partial charge in [0.15, 0.2) is 0 Å². The van der Waals surface area contributed by atoms with Gasteiger partial charge in [0, 0.05) is 45.7 Å². The number of benzene rings is 1. The summed E-state index contributed by atoms with van der Waals surface area (Å²) in [5.41, 5.74) is 6.49. The van der Waals surface area contributed by atoms with Crippen LogP contribution in [-0.4, -0.2) is 60.9 Å². The third kappa shape index (κ3) is 5.13. The zero-order valence-corrected chi connectivity index (χ0v) is 12.8. The molecule has 1 saturated heterocycles. The lowest BCUT2D eigenvalue weighted by Crippen LogP contribution is -2.51. The van der Waals surface area contributed by atoms with Crippen molar-refractivity contribution in [1.82, 2.24) is 15.1 Å². The van der Waals surface area contributed by atoms with Crippen LogP contribution in [0, 0.1) is 0 Å². The first-order chi connectivity index (χ1) is 10.7. The van der Waals surface area contributed by atoms with Crippen molar-refractivity contribution in [2.45, 2.75) is 13.0 Å².